The molecule has 0 aliphatic rings. The first-order valence-electron chi connectivity index (χ1n) is 3.67. The Bertz CT molecular complexity index is 223. The second-order valence-corrected chi connectivity index (χ2v) is 2.46. The van der Waals surface area contributed by atoms with Crippen LogP contribution in [0.4, 0.5) is 4.39 Å². The smallest absolute Gasteiger partial charge is 0.115 e. The zero-order valence-electron chi connectivity index (χ0n) is 6.26. The van der Waals surface area contributed by atoms with E-state index in [-0.39, 0.29) is 12.4 Å². The molecule has 0 fully saturated rings. The molecule has 1 nitrogen and oxygen atoms in total. The van der Waals surface area contributed by atoms with E-state index in [0.29, 0.717) is 12.8 Å². The molecule has 0 amide bonds. The van der Waals surface area contributed by atoms with Crippen molar-refractivity contribution in [2.24, 2.45) is 0 Å². The molecule has 0 radical (unpaired) electrons. The number of aryl methyl sites for hydroxylation is 1. The number of hydrogen-bond acceptors (Lipinski definition) is 1. The molecule has 0 atom stereocenters. The lowest BCUT2D eigenvalue weighted by Crippen LogP contribution is -1.85. The summed E-state index contributed by atoms with van der Waals surface area (Å²) in [6, 6.07) is 6.92. The Morgan fingerprint density at radius 3 is 2.82 bits per heavy atom. The average Bonchev–Trinajstić information content (AvgIpc) is 2.01. The van der Waals surface area contributed by atoms with Crippen LogP contribution in [0.1, 0.15) is 12.0 Å². The Kier molecular flexibility index (Phi) is 2.90. The molecule has 0 unspecified atom stereocenters. The van der Waals surface area contributed by atoms with Crippen molar-refractivity contribution < 1.29 is 9.50 Å². The Labute approximate surface area is 65.5 Å². The Hall–Kier alpha value is -1.05. The predicted molar refractivity (Wildman–Crippen MR) is 42.4 cm³/mol. The summed E-state index contributed by atoms with van der Waals surface area (Å²) in [7, 11) is 0. The number of phenolic OH excluding ortho intramolecular Hbond substituents is 1. The van der Waals surface area contributed by atoms with Crippen molar-refractivity contribution in [3.05, 3.63) is 29.8 Å². The normalized spacial score (nSPS) is 9.91. The number of benzene rings is 1. The van der Waals surface area contributed by atoms with Gasteiger partial charge in [0.2, 0.25) is 0 Å². The highest BCUT2D eigenvalue weighted by Gasteiger charge is 1.93. The zero-order valence-corrected chi connectivity index (χ0v) is 6.26. The molecular weight excluding hydrogens is 143 g/mol. The van der Waals surface area contributed by atoms with Crippen molar-refractivity contribution in [2.45, 2.75) is 12.8 Å². The zero-order chi connectivity index (χ0) is 8.10. The highest BCUT2D eigenvalue weighted by Crippen LogP contribution is 2.12. The molecule has 1 aromatic rings. The topological polar surface area (TPSA) is 20.2 Å². The molecule has 0 aromatic heterocycles. The van der Waals surface area contributed by atoms with Gasteiger partial charge in [-0.25, -0.2) is 0 Å². The molecule has 0 saturated heterocycles. The van der Waals surface area contributed by atoms with Crippen LogP contribution in [0.3, 0.4) is 0 Å². The highest BCUT2D eigenvalue weighted by molar-refractivity contribution is 5.27. The Morgan fingerprint density at radius 1 is 1.36 bits per heavy atom. The van der Waals surface area contributed by atoms with Gasteiger partial charge in [0.1, 0.15) is 5.75 Å². The first kappa shape index (κ1) is 8.05. The molecule has 11 heavy (non-hydrogen) atoms. The molecule has 60 valence electrons. The van der Waals surface area contributed by atoms with Gasteiger partial charge in [0, 0.05) is 0 Å². The Balaban J connectivity index is 2.56. The fourth-order valence-corrected chi connectivity index (χ4v) is 0.983. The van der Waals surface area contributed by atoms with Gasteiger partial charge in [0.25, 0.3) is 0 Å². The number of halogens is 1. The molecule has 2 heteroatoms. The predicted octanol–water partition coefficient (Wildman–Crippen LogP) is 2.29. The van der Waals surface area contributed by atoms with Crippen LogP contribution >= 0.6 is 0 Å². The standard InChI is InChI=1S/C9H11FO/c10-6-2-4-8-3-1-5-9(11)7-8/h1,3,5,7,11H,2,4,6H2. The summed E-state index contributed by atoms with van der Waals surface area (Å²) >= 11 is 0. The van der Waals surface area contributed by atoms with Gasteiger partial charge >= 0.3 is 0 Å². The van der Waals surface area contributed by atoms with E-state index in [1.54, 1.807) is 18.2 Å². The second-order valence-electron chi connectivity index (χ2n) is 2.46. The van der Waals surface area contributed by atoms with Gasteiger partial charge in [-0.3, -0.25) is 4.39 Å². The maximum Gasteiger partial charge on any atom is 0.115 e. The molecule has 1 rings (SSSR count). The summed E-state index contributed by atoms with van der Waals surface area (Å²) in [5.41, 5.74) is 0.989. The van der Waals surface area contributed by atoms with Crippen LogP contribution in [-0.2, 0) is 6.42 Å². The molecule has 1 N–H and O–H groups in total. The van der Waals surface area contributed by atoms with E-state index in [2.05, 4.69) is 0 Å². The van der Waals surface area contributed by atoms with Gasteiger partial charge in [0.05, 0.1) is 6.67 Å². The van der Waals surface area contributed by atoms with E-state index in [1.165, 1.54) is 0 Å². The third-order valence-corrected chi connectivity index (χ3v) is 1.51. The van der Waals surface area contributed by atoms with E-state index >= 15 is 0 Å². The van der Waals surface area contributed by atoms with E-state index in [9.17, 15) is 4.39 Å². The van der Waals surface area contributed by atoms with E-state index in [1.807, 2.05) is 6.07 Å². The number of aromatic hydroxyl groups is 1. The minimum atomic E-state index is -0.296. The van der Waals surface area contributed by atoms with Crippen LogP contribution in [0.5, 0.6) is 5.75 Å². The largest absolute Gasteiger partial charge is 0.508 e. The first-order valence-corrected chi connectivity index (χ1v) is 3.67. The van der Waals surface area contributed by atoms with Crippen molar-refractivity contribution in [3.63, 3.8) is 0 Å². The van der Waals surface area contributed by atoms with Gasteiger partial charge in [0.15, 0.2) is 0 Å². The lowest BCUT2D eigenvalue weighted by molar-refractivity contribution is 0.466. The number of hydrogen-bond donors (Lipinski definition) is 1. The van der Waals surface area contributed by atoms with Crippen molar-refractivity contribution in [1.82, 2.24) is 0 Å². The molecule has 1 aromatic carbocycles. The van der Waals surface area contributed by atoms with E-state index < -0.39 is 0 Å². The summed E-state index contributed by atoms with van der Waals surface area (Å²) < 4.78 is 11.7. The second kappa shape index (κ2) is 3.96. The number of alkyl halides is 1. The summed E-state index contributed by atoms with van der Waals surface area (Å²) in [5.74, 6) is 0.251. The SMILES string of the molecule is Oc1cccc(CCCF)c1. The molecule has 0 aliphatic heterocycles. The van der Waals surface area contributed by atoms with Gasteiger partial charge in [-0.1, -0.05) is 12.1 Å². The van der Waals surface area contributed by atoms with Crippen LogP contribution in [0, 0.1) is 0 Å². The fourth-order valence-electron chi connectivity index (χ4n) is 0.983. The molecular formula is C9H11FO. The van der Waals surface area contributed by atoms with Crippen molar-refractivity contribution in [3.8, 4) is 5.75 Å². The first-order chi connectivity index (χ1) is 5.33. The summed E-state index contributed by atoms with van der Waals surface area (Å²) in [6.07, 6.45) is 1.23. The van der Waals surface area contributed by atoms with Crippen LogP contribution < -0.4 is 0 Å². The van der Waals surface area contributed by atoms with Crippen LogP contribution in [0.15, 0.2) is 24.3 Å². The summed E-state index contributed by atoms with van der Waals surface area (Å²) in [5, 5.41) is 9.02. The summed E-state index contributed by atoms with van der Waals surface area (Å²) in [4.78, 5) is 0. The maximum absolute atomic E-state index is 11.7. The van der Waals surface area contributed by atoms with E-state index in [0.717, 1.165) is 5.56 Å². The highest BCUT2D eigenvalue weighted by atomic mass is 19.1. The van der Waals surface area contributed by atoms with Crippen LogP contribution in [0.25, 0.3) is 0 Å². The van der Waals surface area contributed by atoms with Crippen molar-refractivity contribution in [1.29, 1.82) is 0 Å². The average molecular weight is 154 g/mol. The number of rotatable bonds is 3. The molecule has 0 bridgehead atoms. The molecule has 0 saturated carbocycles. The van der Waals surface area contributed by atoms with Crippen molar-refractivity contribution in [2.75, 3.05) is 6.67 Å². The number of phenols is 1. The Morgan fingerprint density at radius 2 is 2.18 bits per heavy atom. The minimum absolute atomic E-state index is 0.251. The van der Waals surface area contributed by atoms with Gasteiger partial charge in [-0.15, -0.1) is 0 Å². The van der Waals surface area contributed by atoms with Gasteiger partial charge in [-0.2, -0.15) is 0 Å². The lowest BCUT2D eigenvalue weighted by Gasteiger charge is -1.98. The monoisotopic (exact) mass is 154 g/mol. The van der Waals surface area contributed by atoms with Crippen LogP contribution in [0.2, 0.25) is 0 Å². The molecule has 0 aliphatic carbocycles. The fraction of sp³-hybridized carbons (Fsp3) is 0.333. The van der Waals surface area contributed by atoms with Gasteiger partial charge in [-0.05, 0) is 30.5 Å². The third kappa shape index (κ3) is 2.58. The van der Waals surface area contributed by atoms with Gasteiger partial charge < -0.3 is 5.11 Å². The third-order valence-electron chi connectivity index (χ3n) is 1.51. The minimum Gasteiger partial charge on any atom is -0.508 e. The maximum atomic E-state index is 11.7. The molecule has 0 heterocycles. The molecule has 0 spiro atoms. The lowest BCUT2D eigenvalue weighted by atomic mass is 10.1. The van der Waals surface area contributed by atoms with Crippen LogP contribution in [-0.4, -0.2) is 11.8 Å². The summed E-state index contributed by atoms with van der Waals surface area (Å²) in [6.45, 7) is -0.296. The van der Waals surface area contributed by atoms with E-state index in [4.69, 9.17) is 5.11 Å². The van der Waals surface area contributed by atoms with Crippen molar-refractivity contribution >= 4 is 0 Å². The quantitative estimate of drug-likeness (QED) is 0.708.